The van der Waals surface area contributed by atoms with Crippen LogP contribution >= 0.6 is 12.2 Å². The summed E-state index contributed by atoms with van der Waals surface area (Å²) in [6.07, 6.45) is -0.151. The van der Waals surface area contributed by atoms with Crippen molar-refractivity contribution in [3.05, 3.63) is 50.7 Å². The maximum absolute atomic E-state index is 14.3. The summed E-state index contributed by atoms with van der Waals surface area (Å²) in [6, 6.07) is 5.45. The Morgan fingerprint density at radius 1 is 1.29 bits per heavy atom. The molecule has 9 heteroatoms. The van der Waals surface area contributed by atoms with Gasteiger partial charge in [0.25, 0.3) is 0 Å². The molecule has 0 aliphatic rings. The van der Waals surface area contributed by atoms with E-state index >= 15 is 0 Å². The first-order chi connectivity index (χ1) is 11.3. The van der Waals surface area contributed by atoms with Gasteiger partial charge in [0, 0.05) is 13.1 Å². The van der Waals surface area contributed by atoms with Gasteiger partial charge < -0.3 is 4.74 Å². The maximum Gasteiger partial charge on any atom is 0.333 e. The third kappa shape index (κ3) is 3.03. The molecule has 1 atom stereocenters. The number of nitriles is 2. The fraction of sp³-hybridized carbons (Fsp3) is 0.200. The van der Waals surface area contributed by atoms with Gasteiger partial charge in [-0.15, -0.1) is 0 Å². The molecule has 0 bridgehead atoms. The fourth-order valence-electron chi connectivity index (χ4n) is 1.93. The molecule has 1 heterocycles. The zero-order chi connectivity index (χ0) is 18.0. The van der Waals surface area contributed by atoms with Gasteiger partial charge >= 0.3 is 5.69 Å². The molecule has 122 valence electrons. The van der Waals surface area contributed by atoms with Gasteiger partial charge in [-0.25, -0.2) is 13.6 Å². The second-order valence-electron chi connectivity index (χ2n) is 4.79. The Balaban J connectivity index is 2.75. The minimum absolute atomic E-state index is 0.0969. The predicted octanol–water partition coefficient (Wildman–Crippen LogP) is 2.35. The molecule has 0 saturated carbocycles. The van der Waals surface area contributed by atoms with E-state index in [1.54, 1.807) is 12.1 Å². The van der Waals surface area contributed by atoms with Crippen molar-refractivity contribution in [3.8, 4) is 23.6 Å². The van der Waals surface area contributed by atoms with Gasteiger partial charge in [-0.1, -0.05) is 12.2 Å². The third-order valence-corrected chi connectivity index (χ3v) is 3.63. The average Bonchev–Trinajstić information content (AvgIpc) is 2.57. The molecular weight excluding hydrogens is 338 g/mol. The van der Waals surface area contributed by atoms with E-state index < -0.39 is 23.4 Å². The highest BCUT2D eigenvalue weighted by atomic mass is 32.1. The van der Waals surface area contributed by atoms with Crippen LogP contribution in [0, 0.1) is 38.9 Å². The van der Waals surface area contributed by atoms with Crippen LogP contribution in [0.15, 0.2) is 23.1 Å². The summed E-state index contributed by atoms with van der Waals surface area (Å²) in [7, 11) is 1.25. The summed E-state index contributed by atoms with van der Waals surface area (Å²) in [4.78, 5) is 12.2. The van der Waals surface area contributed by atoms with Crippen LogP contribution in [0.5, 0.6) is 5.75 Å². The Bertz CT molecular complexity index is 1010. The van der Waals surface area contributed by atoms with Gasteiger partial charge in [-0.3, -0.25) is 9.13 Å². The van der Waals surface area contributed by atoms with Crippen molar-refractivity contribution in [2.75, 3.05) is 0 Å². The summed E-state index contributed by atoms with van der Waals surface area (Å²) in [5.41, 5.74) is -1.26. The van der Waals surface area contributed by atoms with E-state index in [1.807, 2.05) is 0 Å². The monoisotopic (exact) mass is 348 g/mol. The number of rotatable bonds is 3. The number of hydrogen-bond acceptors (Lipinski definition) is 5. The molecule has 0 spiro atoms. The van der Waals surface area contributed by atoms with Crippen molar-refractivity contribution < 1.29 is 13.5 Å². The molecule has 0 aliphatic carbocycles. The van der Waals surface area contributed by atoms with Crippen molar-refractivity contribution >= 4 is 12.2 Å². The van der Waals surface area contributed by atoms with E-state index in [2.05, 4.69) is 0 Å². The summed E-state index contributed by atoms with van der Waals surface area (Å²) in [5, 5.41) is 17.8. The van der Waals surface area contributed by atoms with Gasteiger partial charge in [0.05, 0.1) is 17.4 Å². The SMILES string of the molecule is CC(C#N)Oc1cc(-n2cc(F)c(=S)n(C)c2=O)c(F)cc1C#N. The number of benzene rings is 1. The van der Waals surface area contributed by atoms with Gasteiger partial charge in [0.2, 0.25) is 0 Å². The largest absolute Gasteiger partial charge is 0.474 e. The molecule has 6 nitrogen and oxygen atoms in total. The van der Waals surface area contributed by atoms with Crippen LogP contribution in [0.1, 0.15) is 12.5 Å². The standard InChI is InChI=1S/C15H10F2N4O2S/c1-8(5-18)23-13-4-12(10(16)3-9(13)6-19)21-7-11(17)14(24)20(2)15(21)22/h3-4,7-8H,1-2H3. The first kappa shape index (κ1) is 17.3. The smallest absolute Gasteiger partial charge is 0.333 e. The van der Waals surface area contributed by atoms with E-state index in [-0.39, 0.29) is 21.6 Å². The van der Waals surface area contributed by atoms with Crippen LogP contribution in [0.3, 0.4) is 0 Å². The Morgan fingerprint density at radius 2 is 1.96 bits per heavy atom. The molecule has 0 amide bonds. The second kappa shape index (κ2) is 6.60. The molecule has 2 rings (SSSR count). The fourth-order valence-corrected chi connectivity index (χ4v) is 2.06. The Labute approximate surface area is 140 Å². The van der Waals surface area contributed by atoms with E-state index in [0.29, 0.717) is 4.57 Å². The van der Waals surface area contributed by atoms with Crippen molar-refractivity contribution in [2.45, 2.75) is 13.0 Å². The number of halogens is 2. The van der Waals surface area contributed by atoms with E-state index in [1.165, 1.54) is 14.0 Å². The van der Waals surface area contributed by atoms with Gasteiger partial charge in [-0.2, -0.15) is 10.5 Å². The molecule has 2 aromatic rings. The van der Waals surface area contributed by atoms with Gasteiger partial charge in [-0.05, 0) is 13.0 Å². The zero-order valence-electron chi connectivity index (χ0n) is 12.6. The highest BCUT2D eigenvalue weighted by Crippen LogP contribution is 2.25. The summed E-state index contributed by atoms with van der Waals surface area (Å²) in [5.74, 6) is -1.91. The molecular formula is C15H10F2N4O2S. The molecule has 0 N–H and O–H groups in total. The lowest BCUT2D eigenvalue weighted by Gasteiger charge is -2.14. The molecule has 24 heavy (non-hydrogen) atoms. The quantitative estimate of drug-likeness (QED) is 0.795. The Kier molecular flexibility index (Phi) is 4.77. The molecule has 1 aromatic carbocycles. The normalized spacial score (nSPS) is 11.4. The Morgan fingerprint density at radius 3 is 2.54 bits per heavy atom. The number of aromatic nitrogens is 2. The number of nitrogens with zero attached hydrogens (tertiary/aromatic N) is 4. The summed E-state index contributed by atoms with van der Waals surface area (Å²) >= 11 is 4.74. The molecule has 0 aliphatic heterocycles. The molecule has 0 saturated heterocycles. The lowest BCUT2D eigenvalue weighted by atomic mass is 10.1. The van der Waals surface area contributed by atoms with Crippen LogP contribution in [0.2, 0.25) is 0 Å². The molecule has 1 unspecified atom stereocenters. The van der Waals surface area contributed by atoms with Crippen molar-refractivity contribution in [1.29, 1.82) is 10.5 Å². The molecule has 0 fully saturated rings. The van der Waals surface area contributed by atoms with Crippen molar-refractivity contribution in [3.63, 3.8) is 0 Å². The van der Waals surface area contributed by atoms with Crippen LogP contribution < -0.4 is 10.4 Å². The van der Waals surface area contributed by atoms with Crippen LogP contribution in [-0.4, -0.2) is 15.2 Å². The van der Waals surface area contributed by atoms with Crippen molar-refractivity contribution in [1.82, 2.24) is 9.13 Å². The maximum atomic E-state index is 14.3. The minimum Gasteiger partial charge on any atom is -0.474 e. The van der Waals surface area contributed by atoms with Crippen molar-refractivity contribution in [2.24, 2.45) is 7.05 Å². The lowest BCUT2D eigenvalue weighted by molar-refractivity contribution is 0.275. The van der Waals surface area contributed by atoms with Gasteiger partial charge in [0.15, 0.2) is 11.9 Å². The predicted molar refractivity (Wildman–Crippen MR) is 82.2 cm³/mol. The Hall–Kier alpha value is -3.04. The third-order valence-electron chi connectivity index (χ3n) is 3.16. The summed E-state index contributed by atoms with van der Waals surface area (Å²) < 4.78 is 34.6. The first-order valence-corrected chi connectivity index (χ1v) is 6.99. The van der Waals surface area contributed by atoms with Crippen LogP contribution in [0.25, 0.3) is 5.69 Å². The summed E-state index contributed by atoms with van der Waals surface area (Å²) in [6.45, 7) is 1.43. The van der Waals surface area contributed by atoms with Crippen LogP contribution in [-0.2, 0) is 7.05 Å². The highest BCUT2D eigenvalue weighted by molar-refractivity contribution is 7.71. The van der Waals surface area contributed by atoms with E-state index in [4.69, 9.17) is 27.5 Å². The highest BCUT2D eigenvalue weighted by Gasteiger charge is 2.17. The van der Waals surface area contributed by atoms with Gasteiger partial charge in [0.1, 0.15) is 28.3 Å². The molecule has 1 aromatic heterocycles. The average molecular weight is 348 g/mol. The number of hydrogen-bond donors (Lipinski definition) is 0. The first-order valence-electron chi connectivity index (χ1n) is 6.58. The number of ether oxygens (including phenoxy) is 1. The minimum atomic E-state index is -0.929. The van der Waals surface area contributed by atoms with E-state index in [0.717, 1.165) is 22.9 Å². The molecule has 0 radical (unpaired) electrons. The topological polar surface area (TPSA) is 83.7 Å². The van der Waals surface area contributed by atoms with E-state index in [9.17, 15) is 13.6 Å². The second-order valence-corrected chi connectivity index (χ2v) is 5.18. The zero-order valence-corrected chi connectivity index (χ0v) is 13.4. The lowest BCUT2D eigenvalue weighted by Crippen LogP contribution is -2.29. The van der Waals surface area contributed by atoms with Crippen LogP contribution in [0.4, 0.5) is 8.78 Å².